The minimum absolute atomic E-state index is 0.0519. The number of nitrogens with zero attached hydrogens (tertiary/aromatic N) is 3. The van der Waals surface area contributed by atoms with Gasteiger partial charge in [0.25, 0.3) is 10.0 Å². The molecule has 2 fully saturated rings. The Kier molecular flexibility index (Phi) is 6.26. The van der Waals surface area contributed by atoms with E-state index in [0.717, 1.165) is 29.7 Å². The molecule has 33 heavy (non-hydrogen) atoms. The van der Waals surface area contributed by atoms with Crippen molar-refractivity contribution < 1.29 is 17.7 Å². The van der Waals surface area contributed by atoms with Crippen LogP contribution in [0.4, 0.5) is 0 Å². The van der Waals surface area contributed by atoms with Crippen LogP contribution in [0.2, 0.25) is 5.02 Å². The van der Waals surface area contributed by atoms with Crippen molar-refractivity contribution in [1.29, 1.82) is 0 Å². The maximum atomic E-state index is 13.1. The molecule has 11 heteroatoms. The van der Waals surface area contributed by atoms with Crippen LogP contribution in [0.3, 0.4) is 0 Å². The first-order valence-corrected chi connectivity index (χ1v) is 13.5. The molecule has 1 saturated heterocycles. The molecule has 0 radical (unpaired) electrons. The van der Waals surface area contributed by atoms with Gasteiger partial charge < -0.3 is 9.84 Å². The second kappa shape index (κ2) is 9.17. The summed E-state index contributed by atoms with van der Waals surface area (Å²) >= 11 is 7.04. The lowest BCUT2D eigenvalue weighted by Crippen LogP contribution is -2.42. The first-order chi connectivity index (χ1) is 15.9. The van der Waals surface area contributed by atoms with E-state index >= 15 is 0 Å². The van der Waals surface area contributed by atoms with Crippen molar-refractivity contribution in [1.82, 2.24) is 19.8 Å². The van der Waals surface area contributed by atoms with Gasteiger partial charge in [-0.25, -0.2) is 8.42 Å². The molecule has 2 aliphatic rings. The summed E-state index contributed by atoms with van der Waals surface area (Å²) in [5, 5.41) is 9.32. The molecule has 3 heterocycles. The van der Waals surface area contributed by atoms with Gasteiger partial charge in [-0.3, -0.25) is 4.79 Å². The van der Waals surface area contributed by atoms with Crippen LogP contribution in [0.1, 0.15) is 43.1 Å². The van der Waals surface area contributed by atoms with Gasteiger partial charge in [-0.05, 0) is 49.4 Å². The number of amides is 1. The smallest absolute Gasteiger partial charge is 0.252 e. The summed E-state index contributed by atoms with van der Waals surface area (Å²) in [6, 6.07) is 8.91. The number of carbonyl (C=O) groups is 1. The lowest BCUT2D eigenvalue weighted by molar-refractivity contribution is -0.126. The Morgan fingerprint density at radius 2 is 1.91 bits per heavy atom. The molecule has 0 atom stereocenters. The summed E-state index contributed by atoms with van der Waals surface area (Å²) < 4.78 is 33.2. The van der Waals surface area contributed by atoms with E-state index in [-0.39, 0.29) is 16.0 Å². The Balaban J connectivity index is 1.17. The average Bonchev–Trinajstić information content (AvgIpc) is 3.33. The fourth-order valence-corrected chi connectivity index (χ4v) is 6.75. The number of rotatable bonds is 7. The zero-order chi connectivity index (χ0) is 23.0. The third-order valence-corrected chi connectivity index (χ3v) is 9.57. The molecule has 8 nitrogen and oxygen atoms in total. The molecule has 1 saturated carbocycles. The Morgan fingerprint density at radius 1 is 1.18 bits per heavy atom. The molecule has 2 aromatic heterocycles. The van der Waals surface area contributed by atoms with Gasteiger partial charge in [0.15, 0.2) is 0 Å². The summed E-state index contributed by atoms with van der Waals surface area (Å²) in [7, 11) is -3.63. The molecular formula is C22H23ClN4O4S2. The Hall–Kier alpha value is -2.27. The Bertz CT molecular complexity index is 1240. The molecule has 1 aromatic carbocycles. The predicted molar refractivity (Wildman–Crippen MR) is 124 cm³/mol. The van der Waals surface area contributed by atoms with Crippen molar-refractivity contribution in [2.75, 3.05) is 13.1 Å². The van der Waals surface area contributed by atoms with Crippen LogP contribution in [0, 0.1) is 5.92 Å². The quantitative estimate of drug-likeness (QED) is 0.518. The number of hydrogen-bond acceptors (Lipinski definition) is 7. The maximum Gasteiger partial charge on any atom is 0.252 e. The van der Waals surface area contributed by atoms with Gasteiger partial charge in [-0.2, -0.15) is 9.29 Å². The largest absolute Gasteiger partial charge is 0.352 e. The van der Waals surface area contributed by atoms with E-state index in [1.807, 2.05) is 12.1 Å². The van der Waals surface area contributed by atoms with Crippen LogP contribution < -0.4 is 5.32 Å². The summed E-state index contributed by atoms with van der Waals surface area (Å²) in [4.78, 5) is 16.9. The van der Waals surface area contributed by atoms with Crippen LogP contribution in [-0.2, 0) is 21.4 Å². The molecule has 1 aliphatic carbocycles. The third-order valence-electron chi connectivity index (χ3n) is 6.00. The van der Waals surface area contributed by atoms with Gasteiger partial charge >= 0.3 is 0 Å². The summed E-state index contributed by atoms with van der Waals surface area (Å²) in [5.41, 5.74) is 1.61. The van der Waals surface area contributed by atoms with Crippen molar-refractivity contribution in [2.45, 2.75) is 42.4 Å². The number of benzene rings is 1. The van der Waals surface area contributed by atoms with Crippen molar-refractivity contribution >= 4 is 38.9 Å². The lowest BCUT2D eigenvalue weighted by atomic mass is 9.97. The number of aromatic nitrogens is 2. The standard InChI is InChI=1S/C22H23ClN4O4S2/c23-18-5-1-14(2-6-18)12-24-21(28)15-7-9-27(10-8-15)33(29,30)19-11-17(13-32-19)20-25-22(31-26-20)16-3-4-16/h1-2,5-6,11,13,15-16H,3-4,7-10,12H2,(H,24,28). The number of nitrogens with one attached hydrogen (secondary N) is 1. The highest BCUT2D eigenvalue weighted by Crippen LogP contribution is 2.40. The average molecular weight is 507 g/mol. The van der Waals surface area contributed by atoms with E-state index in [1.165, 1.54) is 4.31 Å². The van der Waals surface area contributed by atoms with E-state index < -0.39 is 10.0 Å². The number of piperidine rings is 1. The highest BCUT2D eigenvalue weighted by molar-refractivity contribution is 7.91. The SMILES string of the molecule is O=C(NCc1ccc(Cl)cc1)C1CCN(S(=O)(=O)c2cc(-c3noc(C4CC4)n3)cs2)CC1. The molecule has 3 aromatic rings. The number of thiophene rings is 1. The van der Waals surface area contributed by atoms with Gasteiger partial charge in [0.1, 0.15) is 4.21 Å². The van der Waals surface area contributed by atoms with E-state index in [1.54, 1.807) is 23.6 Å². The maximum absolute atomic E-state index is 13.1. The monoisotopic (exact) mass is 506 g/mol. The summed E-state index contributed by atoms with van der Waals surface area (Å²) in [5.74, 6) is 1.13. The second-order valence-electron chi connectivity index (χ2n) is 8.41. The van der Waals surface area contributed by atoms with Crippen molar-refractivity contribution in [3.63, 3.8) is 0 Å². The molecule has 5 rings (SSSR count). The Labute approximate surface area is 201 Å². The van der Waals surface area contributed by atoms with Crippen LogP contribution in [0.5, 0.6) is 0 Å². The molecule has 174 valence electrons. The van der Waals surface area contributed by atoms with E-state index in [2.05, 4.69) is 15.5 Å². The zero-order valence-electron chi connectivity index (χ0n) is 17.7. The molecule has 0 spiro atoms. The highest BCUT2D eigenvalue weighted by atomic mass is 35.5. The lowest BCUT2D eigenvalue weighted by Gasteiger charge is -2.30. The van der Waals surface area contributed by atoms with E-state index in [9.17, 15) is 13.2 Å². The number of sulfonamides is 1. The number of halogens is 1. The molecule has 0 bridgehead atoms. The first kappa shape index (κ1) is 22.5. The van der Waals surface area contributed by atoms with Crippen LogP contribution >= 0.6 is 22.9 Å². The minimum atomic E-state index is -3.63. The number of hydrogen-bond donors (Lipinski definition) is 1. The fourth-order valence-electron chi connectivity index (χ4n) is 3.84. The molecular weight excluding hydrogens is 484 g/mol. The van der Waals surface area contributed by atoms with Crippen molar-refractivity contribution in [2.24, 2.45) is 5.92 Å². The summed E-state index contributed by atoms with van der Waals surface area (Å²) in [6.07, 6.45) is 3.08. The van der Waals surface area contributed by atoms with Crippen molar-refractivity contribution in [3.05, 3.63) is 52.2 Å². The normalized spacial score (nSPS) is 17.8. The minimum Gasteiger partial charge on any atom is -0.352 e. The van der Waals surface area contributed by atoms with Crippen LogP contribution in [0.15, 0.2) is 44.4 Å². The highest BCUT2D eigenvalue weighted by Gasteiger charge is 2.34. The molecule has 1 N–H and O–H groups in total. The van der Waals surface area contributed by atoms with E-state index in [4.69, 9.17) is 16.1 Å². The van der Waals surface area contributed by atoms with Crippen LogP contribution in [-0.4, -0.2) is 41.9 Å². The predicted octanol–water partition coefficient (Wildman–Crippen LogP) is 4.05. The second-order valence-corrected chi connectivity index (χ2v) is 11.9. The van der Waals surface area contributed by atoms with Gasteiger partial charge in [0.05, 0.1) is 0 Å². The molecule has 1 amide bonds. The third kappa shape index (κ3) is 4.98. The topological polar surface area (TPSA) is 105 Å². The molecule has 1 aliphatic heterocycles. The van der Waals surface area contributed by atoms with Crippen LogP contribution in [0.25, 0.3) is 11.4 Å². The van der Waals surface area contributed by atoms with Gasteiger partial charge in [0, 0.05) is 47.4 Å². The summed E-state index contributed by atoms with van der Waals surface area (Å²) in [6.45, 7) is 1.04. The van der Waals surface area contributed by atoms with Gasteiger partial charge in [0.2, 0.25) is 17.6 Å². The number of carbonyl (C=O) groups excluding carboxylic acids is 1. The Morgan fingerprint density at radius 3 is 2.61 bits per heavy atom. The van der Waals surface area contributed by atoms with Gasteiger partial charge in [-0.15, -0.1) is 11.3 Å². The molecule has 0 unspecified atom stereocenters. The van der Waals surface area contributed by atoms with E-state index in [0.29, 0.717) is 60.7 Å². The zero-order valence-corrected chi connectivity index (χ0v) is 20.1. The van der Waals surface area contributed by atoms with Crippen molar-refractivity contribution in [3.8, 4) is 11.4 Å². The fraction of sp³-hybridized carbons (Fsp3) is 0.409. The van der Waals surface area contributed by atoms with Gasteiger partial charge in [-0.1, -0.05) is 28.9 Å². The first-order valence-electron chi connectivity index (χ1n) is 10.8.